The fourth-order valence-corrected chi connectivity index (χ4v) is 6.82. The van der Waals surface area contributed by atoms with Crippen LogP contribution in [0.3, 0.4) is 0 Å². The molecule has 3 heterocycles. The minimum absolute atomic E-state index is 0.0694. The summed E-state index contributed by atoms with van der Waals surface area (Å²) in [5, 5.41) is 4.00. The molecular weight excluding hydrogens is 624 g/mol. The van der Waals surface area contributed by atoms with Crippen molar-refractivity contribution >= 4 is 40.5 Å². The van der Waals surface area contributed by atoms with Gasteiger partial charge in [-0.1, -0.05) is 53.6 Å². The lowest BCUT2D eigenvalue weighted by molar-refractivity contribution is -0.128. The van der Waals surface area contributed by atoms with E-state index in [9.17, 15) is 14.4 Å². The average molecular weight is 659 g/mol. The van der Waals surface area contributed by atoms with E-state index in [4.69, 9.17) is 16.0 Å². The summed E-state index contributed by atoms with van der Waals surface area (Å²) in [6.45, 7) is 1.50. The first-order valence-electron chi connectivity index (χ1n) is 16.3. The number of nitrogens with one attached hydrogen (secondary N) is 1. The summed E-state index contributed by atoms with van der Waals surface area (Å²) in [4.78, 5) is 45.0. The second-order valence-corrected chi connectivity index (χ2v) is 12.9. The van der Waals surface area contributed by atoms with Crippen molar-refractivity contribution in [3.8, 4) is 5.69 Å². The second-order valence-electron chi connectivity index (χ2n) is 12.4. The molecule has 0 unspecified atom stereocenters. The number of likely N-dealkylation sites (tertiary alicyclic amines) is 1. The topological polar surface area (TPSA) is 97.4 Å². The molecule has 1 saturated heterocycles. The van der Waals surface area contributed by atoms with E-state index in [1.165, 1.54) is 22.8 Å². The van der Waals surface area contributed by atoms with Crippen LogP contribution in [0.25, 0.3) is 22.7 Å². The first-order chi connectivity index (χ1) is 23.4. The maximum absolute atomic E-state index is 13.6. The number of benzene rings is 3. The molecule has 48 heavy (non-hydrogen) atoms. The molecule has 7 rings (SSSR count). The number of nitrogens with zero attached hydrogens (tertiary/aromatic N) is 3. The van der Waals surface area contributed by atoms with Gasteiger partial charge in [0.2, 0.25) is 5.91 Å². The van der Waals surface area contributed by atoms with Gasteiger partial charge < -0.3 is 19.2 Å². The number of imidazole rings is 1. The number of carbonyl (C=O) groups is 2. The SMILES string of the molecule is O=C(N/C(C=C1CCC(c2ccccc2CN2CCCC2=O)CC1)=C\c1ccc(Cl)cc1)c1cc(=O)c2cc(-n3ccnc3)ccc2o1. The molecule has 1 saturated carbocycles. The van der Waals surface area contributed by atoms with E-state index in [1.807, 2.05) is 35.3 Å². The van der Waals surface area contributed by atoms with E-state index in [2.05, 4.69) is 34.6 Å². The number of rotatable bonds is 8. The van der Waals surface area contributed by atoms with Crippen molar-refractivity contribution in [1.29, 1.82) is 0 Å². The summed E-state index contributed by atoms with van der Waals surface area (Å²) in [6.07, 6.45) is 14.3. The molecule has 5 aromatic rings. The minimum Gasteiger partial charge on any atom is -0.451 e. The van der Waals surface area contributed by atoms with Gasteiger partial charge in [0.15, 0.2) is 11.2 Å². The zero-order valence-corrected chi connectivity index (χ0v) is 27.2. The fraction of sp³-hybridized carbons (Fsp3) is 0.231. The molecule has 0 bridgehead atoms. The highest BCUT2D eigenvalue weighted by atomic mass is 35.5. The van der Waals surface area contributed by atoms with E-state index in [0.717, 1.165) is 49.9 Å². The Labute approximate surface area is 283 Å². The summed E-state index contributed by atoms with van der Waals surface area (Å²) < 4.78 is 7.73. The summed E-state index contributed by atoms with van der Waals surface area (Å²) in [5.74, 6) is 0.0582. The van der Waals surface area contributed by atoms with Gasteiger partial charge in [-0.3, -0.25) is 14.4 Å². The third kappa shape index (κ3) is 7.04. The number of halogens is 1. The van der Waals surface area contributed by atoms with Crippen LogP contribution in [0, 0.1) is 0 Å². The van der Waals surface area contributed by atoms with Crippen molar-refractivity contribution in [2.45, 2.75) is 51.0 Å². The molecule has 9 heteroatoms. The highest BCUT2D eigenvalue weighted by Gasteiger charge is 2.25. The lowest BCUT2D eigenvalue weighted by Gasteiger charge is -2.28. The van der Waals surface area contributed by atoms with Crippen LogP contribution in [0.4, 0.5) is 0 Å². The molecular formula is C39H35ClN4O4. The molecule has 1 N–H and O–H groups in total. The molecule has 3 aromatic carbocycles. The minimum atomic E-state index is -0.510. The quantitative estimate of drug-likeness (QED) is 0.183. The highest BCUT2D eigenvalue weighted by molar-refractivity contribution is 6.30. The number of fused-ring (bicyclic) bond motifs is 1. The van der Waals surface area contributed by atoms with Gasteiger partial charge in [0.05, 0.1) is 11.7 Å². The van der Waals surface area contributed by atoms with Crippen LogP contribution in [0.1, 0.15) is 71.7 Å². The monoisotopic (exact) mass is 658 g/mol. The van der Waals surface area contributed by atoms with Crippen molar-refractivity contribution < 1.29 is 14.0 Å². The van der Waals surface area contributed by atoms with Crippen LogP contribution in [-0.2, 0) is 11.3 Å². The Hall–Kier alpha value is -5.21. The van der Waals surface area contributed by atoms with Crippen LogP contribution < -0.4 is 10.7 Å². The van der Waals surface area contributed by atoms with E-state index in [-0.39, 0.29) is 17.1 Å². The third-order valence-corrected chi connectivity index (χ3v) is 9.45. The lowest BCUT2D eigenvalue weighted by Crippen LogP contribution is -2.25. The van der Waals surface area contributed by atoms with Gasteiger partial charge in [0.1, 0.15) is 5.58 Å². The Morgan fingerprint density at radius 3 is 2.56 bits per heavy atom. The Balaban J connectivity index is 1.11. The van der Waals surface area contributed by atoms with Gasteiger partial charge in [0.25, 0.3) is 5.91 Å². The number of amides is 2. The summed E-state index contributed by atoms with van der Waals surface area (Å²) >= 11 is 6.13. The second kappa shape index (κ2) is 13.9. The zero-order valence-electron chi connectivity index (χ0n) is 26.4. The van der Waals surface area contributed by atoms with Gasteiger partial charge in [-0.05, 0) is 97.2 Å². The van der Waals surface area contributed by atoms with E-state index in [0.29, 0.717) is 40.6 Å². The molecule has 8 nitrogen and oxygen atoms in total. The molecule has 2 aliphatic rings. The molecule has 2 amide bonds. The molecule has 2 fully saturated rings. The molecule has 1 aliphatic heterocycles. The summed E-state index contributed by atoms with van der Waals surface area (Å²) in [5.41, 5.74) is 6.04. The molecule has 0 spiro atoms. The van der Waals surface area contributed by atoms with E-state index in [1.54, 1.807) is 47.6 Å². The Kier molecular flexibility index (Phi) is 9.07. The van der Waals surface area contributed by atoms with Gasteiger partial charge >= 0.3 is 0 Å². The molecule has 2 aromatic heterocycles. The first-order valence-corrected chi connectivity index (χ1v) is 16.7. The number of carbonyl (C=O) groups excluding carboxylic acids is 2. The third-order valence-electron chi connectivity index (χ3n) is 9.20. The maximum atomic E-state index is 13.6. The number of aromatic nitrogens is 2. The van der Waals surface area contributed by atoms with Crippen LogP contribution in [-0.4, -0.2) is 32.8 Å². The first kappa shape index (κ1) is 31.4. The smallest absolute Gasteiger partial charge is 0.291 e. The summed E-state index contributed by atoms with van der Waals surface area (Å²) in [6, 6.07) is 22.3. The predicted molar refractivity (Wildman–Crippen MR) is 187 cm³/mol. The Bertz CT molecular complexity index is 2090. The van der Waals surface area contributed by atoms with Gasteiger partial charge in [-0.25, -0.2) is 4.98 Å². The van der Waals surface area contributed by atoms with Gasteiger partial charge in [-0.2, -0.15) is 0 Å². The van der Waals surface area contributed by atoms with Crippen molar-refractivity contribution in [1.82, 2.24) is 19.8 Å². The number of hydrogen-bond donors (Lipinski definition) is 1. The van der Waals surface area contributed by atoms with Crippen molar-refractivity contribution in [2.24, 2.45) is 0 Å². The molecule has 242 valence electrons. The van der Waals surface area contributed by atoms with Crippen molar-refractivity contribution in [3.63, 3.8) is 0 Å². The molecule has 0 radical (unpaired) electrons. The van der Waals surface area contributed by atoms with Gasteiger partial charge in [-0.15, -0.1) is 0 Å². The number of hydrogen-bond acceptors (Lipinski definition) is 5. The van der Waals surface area contributed by atoms with Gasteiger partial charge in [0, 0.05) is 54.4 Å². The van der Waals surface area contributed by atoms with Crippen LogP contribution >= 0.6 is 11.6 Å². The van der Waals surface area contributed by atoms with Crippen molar-refractivity contribution in [3.05, 3.63) is 147 Å². The Morgan fingerprint density at radius 1 is 1.00 bits per heavy atom. The van der Waals surface area contributed by atoms with Crippen LogP contribution in [0.15, 0.2) is 118 Å². The standard InChI is InChI=1S/C39H35ClN4O4/c40-30-13-9-27(10-14-30)21-31(42-39(47)37-23-35(45)34-22-32(15-16-36(34)48-37)44-19-17-41-25-44)20-26-7-11-28(12-8-26)33-5-2-1-4-29(33)24-43-18-3-6-38(43)46/h1-2,4-5,9-10,13-17,19-23,25,28H,3,6-8,11-12,18,24H2,(H,42,47)/b26-20?,31-21-. The van der Waals surface area contributed by atoms with Crippen LogP contribution in [0.5, 0.6) is 0 Å². The van der Waals surface area contributed by atoms with E-state index < -0.39 is 5.91 Å². The average Bonchev–Trinajstić information content (AvgIpc) is 3.79. The number of allylic oxidation sites excluding steroid dienone is 2. The van der Waals surface area contributed by atoms with E-state index >= 15 is 0 Å². The summed E-state index contributed by atoms with van der Waals surface area (Å²) in [7, 11) is 0. The normalized spacial score (nSPS) is 16.8. The lowest BCUT2D eigenvalue weighted by atomic mass is 9.79. The van der Waals surface area contributed by atoms with Crippen LogP contribution in [0.2, 0.25) is 5.02 Å². The largest absolute Gasteiger partial charge is 0.451 e. The molecule has 0 atom stereocenters. The molecule has 1 aliphatic carbocycles. The fourth-order valence-electron chi connectivity index (χ4n) is 6.69. The maximum Gasteiger partial charge on any atom is 0.291 e. The predicted octanol–water partition coefficient (Wildman–Crippen LogP) is 7.81. The van der Waals surface area contributed by atoms with Crippen molar-refractivity contribution in [2.75, 3.05) is 6.54 Å². The zero-order chi connectivity index (χ0) is 33.0. The highest BCUT2D eigenvalue weighted by Crippen LogP contribution is 2.38. The Morgan fingerprint density at radius 2 is 1.81 bits per heavy atom.